The van der Waals surface area contributed by atoms with Crippen molar-refractivity contribution in [1.29, 1.82) is 0 Å². The Morgan fingerprint density at radius 1 is 0.389 bits per heavy atom. The molecule has 7 nitrogen and oxygen atoms in total. The van der Waals surface area contributed by atoms with Gasteiger partial charge >= 0.3 is 10.4 Å². The van der Waals surface area contributed by atoms with E-state index in [2.05, 4.69) is 13.8 Å². The van der Waals surface area contributed by atoms with Crippen LogP contribution in [0.3, 0.4) is 0 Å². The maximum atomic E-state index is 8.74. The Hall–Kier alpha value is -0.250. The molecule has 0 aromatic carbocycles. The Balaban J connectivity index is 0. The summed E-state index contributed by atoms with van der Waals surface area (Å²) in [5, 5.41) is 0. The molecule has 0 aliphatic heterocycles. The number of unbranched alkanes of at least 4 members (excludes halogenated alkanes) is 18. The van der Waals surface area contributed by atoms with Gasteiger partial charge in [0.15, 0.2) is 0 Å². The zero-order valence-corrected chi connectivity index (χ0v) is 24.5. The molecular weight excluding hydrogens is 480 g/mol. The van der Waals surface area contributed by atoms with Crippen LogP contribution in [0, 0.1) is 0 Å². The highest BCUT2D eigenvalue weighted by atomic mass is 32.3. The minimum Gasteiger partial charge on any atom is -0.379 e. The summed E-state index contributed by atoms with van der Waals surface area (Å²) in [6.07, 6.45) is 27.4. The Kier molecular flexibility index (Phi) is 34.5. The molecule has 36 heavy (non-hydrogen) atoms. The molecule has 0 saturated carbocycles. The second-order valence-corrected chi connectivity index (χ2v) is 10.5. The Morgan fingerprint density at radius 3 is 0.833 bits per heavy atom. The van der Waals surface area contributed by atoms with E-state index in [0.717, 1.165) is 26.4 Å². The highest BCUT2D eigenvalue weighted by Gasteiger charge is 1.96. The van der Waals surface area contributed by atoms with E-state index in [-0.39, 0.29) is 0 Å². The highest BCUT2D eigenvalue weighted by Crippen LogP contribution is 2.11. The molecule has 2 N–H and O–H groups in total. The van der Waals surface area contributed by atoms with Gasteiger partial charge in [-0.25, -0.2) is 0 Å². The molecule has 8 heteroatoms. The van der Waals surface area contributed by atoms with Crippen molar-refractivity contribution in [2.24, 2.45) is 0 Å². The van der Waals surface area contributed by atoms with Crippen LogP contribution in [-0.4, -0.2) is 57.2 Å². The van der Waals surface area contributed by atoms with Gasteiger partial charge in [-0.05, 0) is 12.8 Å². The molecule has 0 heterocycles. The fraction of sp³-hybridized carbons (Fsp3) is 1.00. The molecule has 0 saturated heterocycles. The van der Waals surface area contributed by atoms with Crippen molar-refractivity contribution in [2.75, 3.05) is 39.6 Å². The third-order valence-electron chi connectivity index (χ3n) is 6.03. The summed E-state index contributed by atoms with van der Waals surface area (Å²) in [5.41, 5.74) is 0. The normalized spacial score (nSPS) is 11.4. The summed E-state index contributed by atoms with van der Waals surface area (Å²) in [6.45, 7) is 9.15. The molecule has 0 amide bonds. The van der Waals surface area contributed by atoms with Gasteiger partial charge in [-0.3, -0.25) is 9.11 Å². The smallest absolute Gasteiger partial charge is 0.379 e. The maximum absolute atomic E-state index is 8.74. The Labute approximate surface area is 224 Å². The standard InChI is InChI=1S/C28H58O3.H2O4S/c1-3-5-7-9-11-13-15-17-19-21-23-29-25-27-31-28-26-30-24-22-20-18-16-14-12-10-8-6-4-2;1-5(2,3)4/h3-28H2,1-2H3;(H2,1,2,3,4). The topological polar surface area (TPSA) is 102 Å². The first-order valence-electron chi connectivity index (χ1n) is 14.8. The molecule has 0 spiro atoms. The fourth-order valence-electron chi connectivity index (χ4n) is 3.93. The van der Waals surface area contributed by atoms with Crippen LogP contribution in [0.1, 0.15) is 142 Å². The largest absolute Gasteiger partial charge is 0.394 e. The number of hydrogen-bond donors (Lipinski definition) is 2. The highest BCUT2D eigenvalue weighted by molar-refractivity contribution is 7.79. The van der Waals surface area contributed by atoms with Crippen molar-refractivity contribution in [3.63, 3.8) is 0 Å². The second kappa shape index (κ2) is 32.8. The van der Waals surface area contributed by atoms with E-state index in [0.29, 0.717) is 13.2 Å². The summed E-state index contributed by atoms with van der Waals surface area (Å²) in [4.78, 5) is 0. The van der Waals surface area contributed by atoms with Gasteiger partial charge in [0, 0.05) is 13.2 Å². The molecule has 0 unspecified atom stereocenters. The van der Waals surface area contributed by atoms with Crippen LogP contribution in [0.15, 0.2) is 0 Å². The summed E-state index contributed by atoms with van der Waals surface area (Å²) < 4.78 is 48.5. The van der Waals surface area contributed by atoms with Crippen LogP contribution >= 0.6 is 0 Å². The zero-order chi connectivity index (χ0) is 27.0. The van der Waals surface area contributed by atoms with Gasteiger partial charge in [0.25, 0.3) is 0 Å². The lowest BCUT2D eigenvalue weighted by atomic mass is 10.1. The van der Waals surface area contributed by atoms with Gasteiger partial charge in [-0.2, -0.15) is 8.42 Å². The van der Waals surface area contributed by atoms with E-state index < -0.39 is 10.4 Å². The van der Waals surface area contributed by atoms with Gasteiger partial charge in [0.05, 0.1) is 26.4 Å². The summed E-state index contributed by atoms with van der Waals surface area (Å²) in [7, 11) is -4.67. The lowest BCUT2D eigenvalue weighted by Crippen LogP contribution is -2.10. The SMILES string of the molecule is CCCCCCCCCCCCOCCOCCOCCCCCCCCCCCC.O=S(=O)(O)O. The number of ether oxygens (including phenoxy) is 3. The minimum absolute atomic E-state index is 0.694. The van der Waals surface area contributed by atoms with Crippen molar-refractivity contribution < 1.29 is 31.7 Å². The van der Waals surface area contributed by atoms with Gasteiger partial charge in [-0.15, -0.1) is 0 Å². The predicted molar refractivity (Wildman–Crippen MR) is 150 cm³/mol. The third-order valence-corrected chi connectivity index (χ3v) is 6.03. The minimum atomic E-state index is -4.67. The van der Waals surface area contributed by atoms with Gasteiger partial charge in [-0.1, -0.05) is 129 Å². The first-order valence-corrected chi connectivity index (χ1v) is 16.2. The van der Waals surface area contributed by atoms with Crippen LogP contribution in [0.25, 0.3) is 0 Å². The van der Waals surface area contributed by atoms with Crippen molar-refractivity contribution in [3.05, 3.63) is 0 Å². The number of rotatable bonds is 28. The third kappa shape index (κ3) is 47.0. The lowest BCUT2D eigenvalue weighted by Gasteiger charge is -2.07. The van der Waals surface area contributed by atoms with Crippen molar-refractivity contribution in [3.8, 4) is 0 Å². The van der Waals surface area contributed by atoms with Crippen molar-refractivity contribution in [2.45, 2.75) is 142 Å². The molecule has 0 bridgehead atoms. The maximum Gasteiger partial charge on any atom is 0.394 e. The van der Waals surface area contributed by atoms with Crippen LogP contribution in [0.4, 0.5) is 0 Å². The van der Waals surface area contributed by atoms with E-state index in [1.165, 1.54) is 128 Å². The average Bonchev–Trinajstić information content (AvgIpc) is 2.82. The summed E-state index contributed by atoms with van der Waals surface area (Å²) >= 11 is 0. The molecule has 0 aromatic heterocycles. The first kappa shape index (κ1) is 37.9. The van der Waals surface area contributed by atoms with Crippen molar-refractivity contribution >= 4 is 10.4 Å². The average molecular weight is 541 g/mol. The van der Waals surface area contributed by atoms with Crippen LogP contribution < -0.4 is 0 Å². The van der Waals surface area contributed by atoms with E-state index in [9.17, 15) is 0 Å². The van der Waals surface area contributed by atoms with Crippen LogP contribution in [-0.2, 0) is 24.6 Å². The van der Waals surface area contributed by atoms with E-state index in [1.54, 1.807) is 0 Å². The molecule has 0 radical (unpaired) electrons. The molecule has 0 aromatic rings. The van der Waals surface area contributed by atoms with Crippen LogP contribution in [0.2, 0.25) is 0 Å². The first-order chi connectivity index (χ1) is 17.4. The molecule has 0 atom stereocenters. The number of hydrogen-bond acceptors (Lipinski definition) is 5. The quantitative estimate of drug-likeness (QED) is 0.0761. The summed E-state index contributed by atoms with van der Waals surface area (Å²) in [6, 6.07) is 0. The van der Waals surface area contributed by atoms with Crippen LogP contribution in [0.5, 0.6) is 0 Å². The van der Waals surface area contributed by atoms with E-state index in [4.69, 9.17) is 31.7 Å². The molecule has 220 valence electrons. The van der Waals surface area contributed by atoms with Gasteiger partial charge < -0.3 is 14.2 Å². The molecule has 0 fully saturated rings. The van der Waals surface area contributed by atoms with E-state index >= 15 is 0 Å². The molecular formula is C28H60O7S. The van der Waals surface area contributed by atoms with Crippen molar-refractivity contribution in [1.82, 2.24) is 0 Å². The molecule has 0 aliphatic carbocycles. The predicted octanol–water partition coefficient (Wildman–Crippen LogP) is 8.23. The summed E-state index contributed by atoms with van der Waals surface area (Å²) in [5.74, 6) is 0. The fourth-order valence-corrected chi connectivity index (χ4v) is 3.93. The second-order valence-electron chi connectivity index (χ2n) is 9.65. The Morgan fingerprint density at radius 2 is 0.583 bits per heavy atom. The molecule has 0 aliphatic rings. The molecule has 0 rings (SSSR count). The lowest BCUT2D eigenvalue weighted by molar-refractivity contribution is 0.0132. The van der Waals surface area contributed by atoms with Gasteiger partial charge in [0.2, 0.25) is 0 Å². The Bertz CT molecular complexity index is 450. The van der Waals surface area contributed by atoms with Gasteiger partial charge in [0.1, 0.15) is 0 Å². The van der Waals surface area contributed by atoms with E-state index in [1.807, 2.05) is 0 Å². The zero-order valence-electron chi connectivity index (χ0n) is 23.7. The monoisotopic (exact) mass is 540 g/mol.